The second-order valence-electron chi connectivity index (χ2n) is 15.8. The number of hydrogen-bond donors (Lipinski definition) is 2. The minimum absolute atomic E-state index is 0.0648. The summed E-state index contributed by atoms with van der Waals surface area (Å²) in [4.78, 5) is 43.9. The van der Waals surface area contributed by atoms with E-state index in [0.717, 1.165) is 0 Å². The van der Waals surface area contributed by atoms with Crippen LogP contribution in [0.4, 0.5) is 0 Å². The number of aliphatic hydroxyl groups excluding tert-OH is 1. The highest BCUT2D eigenvalue weighted by molar-refractivity contribution is 5.83. The molecule has 0 aromatic heterocycles. The maximum atomic E-state index is 14.1. The van der Waals surface area contributed by atoms with Gasteiger partial charge in [-0.1, -0.05) is 39.8 Å². The molecule has 2 aliphatic heterocycles. The van der Waals surface area contributed by atoms with E-state index in [1.165, 1.54) is 14.0 Å². The number of cyclic esters (lactones) is 1. The number of benzene rings is 1. The van der Waals surface area contributed by atoms with E-state index < -0.39 is 83.6 Å². The van der Waals surface area contributed by atoms with Crippen LogP contribution in [0.5, 0.6) is 5.75 Å². The number of nitrogens with zero attached hydrogens (tertiary/aromatic N) is 1. The Labute approximate surface area is 315 Å². The van der Waals surface area contributed by atoms with E-state index >= 15 is 0 Å². The number of aliphatic hydroxyl groups is 2. The molecule has 3 rings (SSSR count). The summed E-state index contributed by atoms with van der Waals surface area (Å²) in [5.74, 6) is -4.56. The Hall–Kier alpha value is -2.65. The fraction of sp³-hybridized carbons (Fsp3) is 0.775. The van der Waals surface area contributed by atoms with Crippen molar-refractivity contribution in [1.82, 2.24) is 4.90 Å². The van der Waals surface area contributed by atoms with E-state index in [2.05, 4.69) is 4.90 Å². The summed E-state index contributed by atoms with van der Waals surface area (Å²) in [6.45, 7) is 13.6. The molecule has 0 saturated carbocycles. The lowest BCUT2D eigenvalue weighted by atomic mass is 9.74. The Morgan fingerprint density at radius 2 is 1.60 bits per heavy atom. The highest BCUT2D eigenvalue weighted by atomic mass is 16.7. The molecule has 2 N–H and O–H groups in total. The minimum atomic E-state index is -1.97. The summed E-state index contributed by atoms with van der Waals surface area (Å²) in [6.07, 6.45) is -5.58. The number of ether oxygens (including phenoxy) is 7. The van der Waals surface area contributed by atoms with E-state index in [1.807, 2.05) is 34.9 Å². The lowest BCUT2D eigenvalue weighted by Gasteiger charge is -2.49. The van der Waals surface area contributed by atoms with E-state index in [9.17, 15) is 24.6 Å². The van der Waals surface area contributed by atoms with Gasteiger partial charge in [-0.2, -0.15) is 0 Å². The zero-order valence-electron chi connectivity index (χ0n) is 34.0. The Balaban J connectivity index is 2.20. The third-order valence-electron chi connectivity index (χ3n) is 11.5. The molecule has 302 valence electrons. The van der Waals surface area contributed by atoms with Gasteiger partial charge in [-0.3, -0.25) is 14.4 Å². The van der Waals surface area contributed by atoms with Gasteiger partial charge < -0.3 is 48.3 Å². The van der Waals surface area contributed by atoms with Crippen LogP contribution in [0.1, 0.15) is 80.2 Å². The molecule has 0 unspecified atom stereocenters. The molecule has 2 heterocycles. The molecule has 1 aromatic carbocycles. The monoisotopic (exact) mass is 751 g/mol. The topological polar surface area (TPSA) is 160 Å². The Bertz CT molecular complexity index is 1350. The van der Waals surface area contributed by atoms with Crippen molar-refractivity contribution >= 4 is 17.7 Å². The Morgan fingerprint density at radius 3 is 2.13 bits per heavy atom. The number of rotatable bonds is 10. The van der Waals surface area contributed by atoms with Gasteiger partial charge in [0.2, 0.25) is 0 Å². The van der Waals surface area contributed by atoms with Gasteiger partial charge in [0.1, 0.15) is 35.4 Å². The van der Waals surface area contributed by atoms with Crippen LogP contribution >= 0.6 is 0 Å². The summed E-state index contributed by atoms with van der Waals surface area (Å²) in [5.41, 5.74) is -2.54. The summed E-state index contributed by atoms with van der Waals surface area (Å²) >= 11 is 0. The van der Waals surface area contributed by atoms with Gasteiger partial charge in [0, 0.05) is 38.0 Å². The molecule has 0 bridgehead atoms. The molecular formula is C40H65NO12. The van der Waals surface area contributed by atoms with Crippen LogP contribution in [0.15, 0.2) is 24.3 Å². The summed E-state index contributed by atoms with van der Waals surface area (Å²) in [6, 6.07) is 6.94. The Kier molecular flexibility index (Phi) is 15.9. The zero-order chi connectivity index (χ0) is 40.0. The van der Waals surface area contributed by atoms with Gasteiger partial charge >= 0.3 is 11.9 Å². The van der Waals surface area contributed by atoms with E-state index in [4.69, 9.17) is 33.2 Å². The van der Waals surface area contributed by atoms with Crippen LogP contribution in [0.2, 0.25) is 0 Å². The number of hydrogen-bond acceptors (Lipinski definition) is 13. The second-order valence-corrected chi connectivity index (χ2v) is 15.8. The van der Waals surface area contributed by atoms with Crippen molar-refractivity contribution in [1.29, 1.82) is 0 Å². The number of Topliss-reactive ketones (excluding diaryl/α,β-unsaturated/α-hetero) is 1. The lowest BCUT2D eigenvalue weighted by molar-refractivity contribution is -0.305. The smallest absolute Gasteiger partial charge is 0.312 e. The van der Waals surface area contributed by atoms with Crippen molar-refractivity contribution in [3.8, 4) is 5.75 Å². The third-order valence-corrected chi connectivity index (χ3v) is 11.5. The first-order valence-electron chi connectivity index (χ1n) is 18.8. The van der Waals surface area contributed by atoms with Crippen LogP contribution in [0.25, 0.3) is 0 Å². The van der Waals surface area contributed by atoms with Gasteiger partial charge in [-0.15, -0.1) is 0 Å². The van der Waals surface area contributed by atoms with Gasteiger partial charge in [-0.05, 0) is 78.7 Å². The van der Waals surface area contributed by atoms with Crippen molar-refractivity contribution in [2.75, 3.05) is 35.4 Å². The second kappa shape index (κ2) is 18.8. The van der Waals surface area contributed by atoms with Gasteiger partial charge in [0.05, 0.1) is 43.4 Å². The quantitative estimate of drug-likeness (QED) is 0.331. The van der Waals surface area contributed by atoms with Crippen molar-refractivity contribution < 1.29 is 57.8 Å². The summed E-state index contributed by atoms with van der Waals surface area (Å²) < 4.78 is 43.0. The molecule has 0 radical (unpaired) electrons. The first kappa shape index (κ1) is 44.7. The van der Waals surface area contributed by atoms with Crippen LogP contribution in [-0.4, -0.2) is 128 Å². The molecule has 13 heteroatoms. The largest absolute Gasteiger partial charge is 0.497 e. The molecule has 53 heavy (non-hydrogen) atoms. The predicted molar refractivity (Wildman–Crippen MR) is 197 cm³/mol. The van der Waals surface area contributed by atoms with Crippen molar-refractivity contribution in [2.45, 2.75) is 141 Å². The maximum absolute atomic E-state index is 14.1. The molecule has 1 aromatic rings. The molecule has 2 aliphatic rings. The fourth-order valence-electron chi connectivity index (χ4n) is 8.13. The lowest BCUT2D eigenvalue weighted by Crippen LogP contribution is -2.61. The number of carbonyl (C=O) groups is 3. The van der Waals surface area contributed by atoms with Crippen LogP contribution < -0.4 is 4.74 Å². The standard InChI is InChI=1S/C40H65NO12/c1-14-30-40(8,46)35(44)24(4)32(43)22(2)21-39(7,49-13)36(53-38-34(48-12)29(41(9)10)19-23(3)50-38)25(5)33(26(6)37(45)51-30)52-31(42)20-27-15-17-28(47-11)18-16-27/h15-18,22-26,29-30,33-36,38,44,46H,14,19-21H2,1-13H3/t22-,23-,24+,25+,26-,29+,30-,33+,34-,35-,36-,38+,39+,40-/m1/s1. The van der Waals surface area contributed by atoms with E-state index in [-0.39, 0.29) is 37.2 Å². The van der Waals surface area contributed by atoms with Crippen molar-refractivity contribution in [3.63, 3.8) is 0 Å². The summed E-state index contributed by atoms with van der Waals surface area (Å²) in [7, 11) is 8.59. The average molecular weight is 752 g/mol. The predicted octanol–water partition coefficient (Wildman–Crippen LogP) is 3.97. The van der Waals surface area contributed by atoms with Gasteiger partial charge in [0.15, 0.2) is 6.29 Å². The zero-order valence-corrected chi connectivity index (χ0v) is 34.0. The highest BCUT2D eigenvalue weighted by Crippen LogP contribution is 2.40. The first-order valence-corrected chi connectivity index (χ1v) is 18.8. The van der Waals surface area contributed by atoms with Crippen molar-refractivity contribution in [2.24, 2.45) is 23.7 Å². The summed E-state index contributed by atoms with van der Waals surface area (Å²) in [5, 5.41) is 23.0. The van der Waals surface area contributed by atoms with Crippen LogP contribution in [0, 0.1) is 23.7 Å². The fourth-order valence-corrected chi connectivity index (χ4v) is 8.13. The molecule has 14 atom stereocenters. The minimum Gasteiger partial charge on any atom is -0.497 e. The molecule has 13 nitrogen and oxygen atoms in total. The maximum Gasteiger partial charge on any atom is 0.312 e. The molecule has 2 fully saturated rings. The number of esters is 2. The van der Waals surface area contributed by atoms with E-state index in [1.54, 1.807) is 66.2 Å². The van der Waals surface area contributed by atoms with Crippen molar-refractivity contribution in [3.05, 3.63) is 29.8 Å². The molecular weight excluding hydrogens is 686 g/mol. The average Bonchev–Trinajstić information content (AvgIpc) is 3.12. The SMILES string of the molecule is CC[C@H]1OC(=O)[C@H](C)[C@@H](OC(=O)Cc2ccc(OC)cc2)[C@H](C)[C@@H](O[C@@H]2O[C@H](C)C[C@H](N(C)C)[C@H]2OC)[C@@](C)(OC)C[C@@H](C)C(=O)[C@H](C)[C@@H](O)[C@]1(C)O. The number of methoxy groups -OCH3 is 3. The molecule has 0 amide bonds. The van der Waals surface area contributed by atoms with E-state index in [0.29, 0.717) is 17.7 Å². The van der Waals surface area contributed by atoms with Crippen LogP contribution in [-0.2, 0) is 49.2 Å². The normalized spacial score (nSPS) is 39.2. The van der Waals surface area contributed by atoms with Gasteiger partial charge in [-0.25, -0.2) is 0 Å². The van der Waals surface area contributed by atoms with Gasteiger partial charge in [0.25, 0.3) is 0 Å². The van der Waals surface area contributed by atoms with Crippen LogP contribution in [0.3, 0.4) is 0 Å². The number of ketones is 1. The highest BCUT2D eigenvalue weighted by Gasteiger charge is 2.53. The first-order chi connectivity index (χ1) is 24.8. The Morgan fingerprint density at radius 1 is 0.981 bits per heavy atom. The number of carbonyl (C=O) groups excluding carboxylic acids is 3. The molecule has 0 aliphatic carbocycles. The molecule has 0 spiro atoms. The number of likely N-dealkylation sites (N-methyl/N-ethyl adjacent to an activating group) is 1. The molecule has 2 saturated heterocycles. The third kappa shape index (κ3) is 10.4.